The molecule has 0 fully saturated rings. The van der Waals surface area contributed by atoms with Gasteiger partial charge in [-0.25, -0.2) is 0 Å². The normalized spacial score (nSPS) is 11.0. The number of amides is 4. The van der Waals surface area contributed by atoms with Gasteiger partial charge in [0.15, 0.2) is 0 Å². The zero-order valence-electron chi connectivity index (χ0n) is 29.0. The Kier molecular flexibility index (Phi) is 28.3. The highest BCUT2D eigenvalue weighted by Gasteiger charge is 2.33. The van der Waals surface area contributed by atoms with Crippen molar-refractivity contribution in [3.8, 4) is 0 Å². The monoisotopic (exact) mass is 772 g/mol. The summed E-state index contributed by atoms with van der Waals surface area (Å²) in [7, 11) is 0. The molecular weight excluding hydrogens is 724 g/mol. The number of ether oxygens (including phenoxy) is 8. The zero-order valence-corrected chi connectivity index (χ0v) is 29.0. The molecule has 0 saturated heterocycles. The van der Waals surface area contributed by atoms with Gasteiger partial charge in [0.2, 0.25) is 23.6 Å². The van der Waals surface area contributed by atoms with Crippen LogP contribution in [0.4, 0.5) is 0 Å². The predicted octanol–water partition coefficient (Wildman–Crippen LogP) is -5.09. The van der Waals surface area contributed by atoms with Crippen LogP contribution in [0.2, 0.25) is 0 Å². The first-order chi connectivity index (χ1) is 25.2. The maximum Gasteiger partial charge on any atom is 0.322 e. The van der Waals surface area contributed by atoms with Crippen molar-refractivity contribution in [1.29, 1.82) is 0 Å². The van der Waals surface area contributed by atoms with Crippen LogP contribution in [0.3, 0.4) is 0 Å². The van der Waals surface area contributed by atoms with E-state index in [0.29, 0.717) is 0 Å². The third-order valence-corrected chi connectivity index (χ3v) is 5.80. The van der Waals surface area contributed by atoms with Crippen LogP contribution in [-0.2, 0) is 76.3 Å². The molecule has 24 nitrogen and oxygen atoms in total. The molecule has 4 amide bonds. The van der Waals surface area contributed by atoms with Crippen LogP contribution in [0.25, 0.3) is 0 Å². The van der Waals surface area contributed by atoms with Gasteiger partial charge in [0.25, 0.3) is 0 Å². The Morgan fingerprint density at radius 1 is 0.340 bits per heavy atom. The summed E-state index contributed by atoms with van der Waals surface area (Å²) in [5, 5.41) is 43.1. The lowest BCUT2D eigenvalue weighted by Gasteiger charge is -2.33. The Morgan fingerprint density at radius 3 is 0.717 bits per heavy atom. The number of carbonyl (C=O) groups is 8. The number of hydrogen-bond acceptors (Lipinski definition) is 16. The molecule has 0 aliphatic carbocycles. The van der Waals surface area contributed by atoms with Crippen LogP contribution >= 0.6 is 0 Å². The molecule has 304 valence electrons. The van der Waals surface area contributed by atoms with E-state index in [0.717, 1.165) is 0 Å². The van der Waals surface area contributed by atoms with Crippen molar-refractivity contribution in [2.45, 2.75) is 0 Å². The maximum absolute atomic E-state index is 11.7. The Balaban J connectivity index is 5.29. The van der Waals surface area contributed by atoms with E-state index in [-0.39, 0.29) is 79.3 Å². The average molecular weight is 773 g/mol. The van der Waals surface area contributed by atoms with E-state index in [1.807, 2.05) is 0 Å². The minimum absolute atomic E-state index is 0.0361. The van der Waals surface area contributed by atoms with Crippen LogP contribution in [-0.4, -0.2) is 200 Å². The number of aliphatic carboxylic acids is 4. The summed E-state index contributed by atoms with van der Waals surface area (Å²) in [6, 6.07) is 0. The first-order valence-corrected chi connectivity index (χ1v) is 15.8. The summed E-state index contributed by atoms with van der Waals surface area (Å²) in [5.74, 6) is -7.50. The second-order valence-electron chi connectivity index (χ2n) is 10.6. The molecule has 24 heteroatoms. The zero-order chi connectivity index (χ0) is 39.7. The summed E-state index contributed by atoms with van der Waals surface area (Å²) >= 11 is 0. The molecule has 8 N–H and O–H groups in total. The number of nitrogens with one attached hydrogen (secondary N) is 4. The van der Waals surface area contributed by atoms with Crippen molar-refractivity contribution in [3.05, 3.63) is 0 Å². The molecular formula is C29H48N4O20. The number of carboxylic acids is 4. The molecule has 0 atom stereocenters. The highest BCUT2D eigenvalue weighted by molar-refractivity contribution is 5.83. The average Bonchev–Trinajstić information content (AvgIpc) is 3.10. The third kappa shape index (κ3) is 31.9. The molecule has 0 unspecified atom stereocenters. The Bertz CT molecular complexity index is 966. The van der Waals surface area contributed by atoms with E-state index in [1.54, 1.807) is 0 Å². The summed E-state index contributed by atoms with van der Waals surface area (Å²) in [6.45, 7) is -4.73. The quantitative estimate of drug-likeness (QED) is 0.0276. The van der Waals surface area contributed by atoms with E-state index >= 15 is 0 Å². The van der Waals surface area contributed by atoms with Gasteiger partial charge in [-0.3, -0.25) is 38.4 Å². The first-order valence-electron chi connectivity index (χ1n) is 15.8. The van der Waals surface area contributed by atoms with Gasteiger partial charge in [0.05, 0.1) is 84.7 Å². The smallest absolute Gasteiger partial charge is 0.322 e. The lowest BCUT2D eigenvalue weighted by Crippen LogP contribution is -2.43. The number of carboxylic acid groups (broad SMARTS) is 4. The fraction of sp³-hybridized carbons (Fsp3) is 0.724. The van der Waals surface area contributed by atoms with Crippen molar-refractivity contribution < 1.29 is 96.7 Å². The van der Waals surface area contributed by atoms with Gasteiger partial charge in [0, 0.05) is 0 Å². The van der Waals surface area contributed by atoms with Gasteiger partial charge < -0.3 is 79.6 Å². The second kappa shape index (κ2) is 31.0. The Hall–Kier alpha value is -4.56. The van der Waals surface area contributed by atoms with Crippen LogP contribution < -0.4 is 21.3 Å². The van der Waals surface area contributed by atoms with E-state index in [4.69, 9.17) is 58.3 Å². The largest absolute Gasteiger partial charge is 0.480 e. The second-order valence-corrected chi connectivity index (χ2v) is 10.6. The van der Waals surface area contributed by atoms with Crippen LogP contribution in [0.1, 0.15) is 0 Å². The highest BCUT2D eigenvalue weighted by atomic mass is 16.6. The van der Waals surface area contributed by atoms with E-state index < -0.39 is 106 Å². The molecule has 0 rings (SSSR count). The highest BCUT2D eigenvalue weighted by Crippen LogP contribution is 2.21. The van der Waals surface area contributed by atoms with Gasteiger partial charge in [-0.2, -0.15) is 0 Å². The third-order valence-electron chi connectivity index (χ3n) is 5.80. The van der Waals surface area contributed by atoms with Gasteiger partial charge >= 0.3 is 23.9 Å². The van der Waals surface area contributed by atoms with Crippen molar-refractivity contribution in [2.75, 3.05) is 132 Å². The standard InChI is InChI=1S/C29H48N4O20/c34-21(30-9-25(38)39)13-46-1-5-50-17-29(18-51-6-2-47-14-22(35)31-10-26(40)41,19-52-7-3-48-15-23(36)32-11-27(42)43)20-53-8-4-49-16-24(37)33-12-28(44)45/h1-20H2,(H,30,34)(H,31,35)(H,32,36)(H,33,37)(H,38,39)(H,40,41)(H,42,43)(H,44,45). The molecule has 0 aliphatic heterocycles. The predicted molar refractivity (Wildman–Crippen MR) is 172 cm³/mol. The van der Waals surface area contributed by atoms with Gasteiger partial charge in [0.1, 0.15) is 52.6 Å². The van der Waals surface area contributed by atoms with Crippen molar-refractivity contribution in [1.82, 2.24) is 21.3 Å². The number of hydrogen-bond donors (Lipinski definition) is 8. The first kappa shape index (κ1) is 48.4. The molecule has 0 heterocycles. The minimum atomic E-state index is -1.22. The fourth-order valence-electron chi connectivity index (χ4n) is 3.44. The summed E-state index contributed by atoms with van der Waals surface area (Å²) in [4.78, 5) is 88.9. The molecule has 0 aromatic rings. The SMILES string of the molecule is O=C(O)CNC(=O)COCCOCC(COCCOCC(=O)NCC(=O)O)(COCCOCC(=O)NCC(=O)O)COCCOCC(=O)NCC(=O)O. The molecule has 0 aromatic carbocycles. The molecule has 0 radical (unpaired) electrons. The lowest BCUT2D eigenvalue weighted by atomic mass is 9.92. The van der Waals surface area contributed by atoms with E-state index in [9.17, 15) is 38.4 Å². The van der Waals surface area contributed by atoms with Crippen LogP contribution in [0, 0.1) is 5.41 Å². The summed E-state index contributed by atoms with van der Waals surface area (Å²) < 4.78 is 43.8. The Labute approximate surface area is 303 Å². The molecule has 0 spiro atoms. The molecule has 0 saturated carbocycles. The lowest BCUT2D eigenvalue weighted by molar-refractivity contribution is -0.140. The summed E-state index contributed by atoms with van der Waals surface area (Å²) in [6.07, 6.45) is 0. The Morgan fingerprint density at radius 2 is 0.528 bits per heavy atom. The van der Waals surface area contributed by atoms with Crippen LogP contribution in [0.5, 0.6) is 0 Å². The maximum atomic E-state index is 11.7. The molecule has 53 heavy (non-hydrogen) atoms. The molecule has 0 bridgehead atoms. The summed E-state index contributed by atoms with van der Waals surface area (Å²) in [5.41, 5.74) is -1.06. The van der Waals surface area contributed by atoms with Gasteiger partial charge in [-0.15, -0.1) is 0 Å². The van der Waals surface area contributed by atoms with Gasteiger partial charge in [-0.05, 0) is 0 Å². The fourth-order valence-corrected chi connectivity index (χ4v) is 3.44. The minimum Gasteiger partial charge on any atom is -0.480 e. The number of rotatable bonds is 36. The topological polar surface area (TPSA) is 339 Å². The molecule has 0 aromatic heterocycles. The van der Waals surface area contributed by atoms with E-state index in [1.165, 1.54) is 0 Å². The van der Waals surface area contributed by atoms with Crippen molar-refractivity contribution in [3.63, 3.8) is 0 Å². The van der Waals surface area contributed by atoms with Gasteiger partial charge in [-0.1, -0.05) is 0 Å². The van der Waals surface area contributed by atoms with Crippen molar-refractivity contribution in [2.24, 2.45) is 5.41 Å². The number of carbonyl (C=O) groups excluding carboxylic acids is 4. The van der Waals surface area contributed by atoms with Crippen molar-refractivity contribution >= 4 is 47.5 Å². The van der Waals surface area contributed by atoms with E-state index in [2.05, 4.69) is 21.3 Å². The van der Waals surface area contributed by atoms with Crippen LogP contribution in [0.15, 0.2) is 0 Å². The molecule has 0 aliphatic rings.